The summed E-state index contributed by atoms with van der Waals surface area (Å²) in [5, 5.41) is 26.3. The number of thiazole rings is 1. The van der Waals surface area contributed by atoms with Gasteiger partial charge >= 0.3 is 11.9 Å². The lowest BCUT2D eigenvalue weighted by Crippen LogP contribution is -2.71. The Hall–Kier alpha value is -4.18. The number of rotatable bonds is 9. The molecule has 2 aromatic rings. The van der Waals surface area contributed by atoms with Gasteiger partial charge in [0, 0.05) is 28.8 Å². The molecule has 2 aliphatic rings. The van der Waals surface area contributed by atoms with Crippen LogP contribution in [0.4, 0.5) is 5.13 Å². The lowest BCUT2D eigenvalue weighted by molar-refractivity contribution is -0.689. The Balaban J connectivity index is 0. The van der Waals surface area contributed by atoms with E-state index in [1.54, 1.807) is 12.4 Å². The molecule has 0 spiro atoms. The minimum Gasteiger partial charge on any atom is -0.478 e. The van der Waals surface area contributed by atoms with E-state index in [-0.39, 0.29) is 49.6 Å². The molecule has 2 amide bonds. The molecule has 2 aromatic heterocycles. The van der Waals surface area contributed by atoms with Crippen molar-refractivity contribution in [2.45, 2.75) is 37.4 Å². The number of oxime groups is 1. The third kappa shape index (κ3) is 7.97. The van der Waals surface area contributed by atoms with E-state index in [0.717, 1.165) is 11.3 Å². The van der Waals surface area contributed by atoms with Gasteiger partial charge in [-0.2, -0.15) is 0 Å². The Kier molecular flexibility index (Phi) is 15.0. The van der Waals surface area contributed by atoms with Crippen LogP contribution in [0.15, 0.2) is 52.4 Å². The van der Waals surface area contributed by atoms with E-state index in [1.807, 2.05) is 22.8 Å². The number of fused-ring (bicyclic) bond motifs is 1. The molecule has 2 atom stereocenters. The number of β-lactam (4-membered cyclic amide) rings is 1. The highest BCUT2D eigenvalue weighted by atomic mass is 32.2. The van der Waals surface area contributed by atoms with Crippen LogP contribution in [0.25, 0.3) is 0 Å². The molecule has 0 saturated carbocycles. The lowest BCUT2D eigenvalue weighted by Gasteiger charge is -2.49. The van der Waals surface area contributed by atoms with Gasteiger partial charge in [0.05, 0.1) is 0 Å². The minimum atomic E-state index is -1.75. The zero-order chi connectivity index (χ0) is 26.9. The van der Waals surface area contributed by atoms with Crippen molar-refractivity contribution >= 4 is 57.7 Å². The summed E-state index contributed by atoms with van der Waals surface area (Å²) >= 11 is 2.35. The van der Waals surface area contributed by atoms with Crippen molar-refractivity contribution < 1.29 is 66.2 Å². The number of nitrogens with zero attached hydrogens (tertiary/aromatic N) is 4. The van der Waals surface area contributed by atoms with Crippen molar-refractivity contribution in [3.8, 4) is 0 Å². The van der Waals surface area contributed by atoms with Crippen molar-refractivity contribution in [3.05, 3.63) is 52.9 Å². The number of aliphatic carboxylic acids is 2. The van der Waals surface area contributed by atoms with Gasteiger partial charge in [-0.05, 0) is 13.8 Å². The fourth-order valence-corrected chi connectivity index (χ4v) is 5.46. The Bertz CT molecular complexity index is 1330. The molecule has 0 aromatic carbocycles. The second-order valence-electron chi connectivity index (χ2n) is 8.58. The standard InChI is InChI=1S/C22H22N6O7S2.5H2O/c1-22(2,20(33)34)35-26-13(12-10-37-21(23)24-12)16(29)25-14-17(30)28-15(19(31)32)11(9-36-18(14)28)8-27-6-4-3-5-7-27;;;;;/h3-7,10,14,18H,8-9H2,1-2H3,(H4-,23,24,25,29,31,32,33,34);5*1H2/p+1/b26-13-;;;;;/t14-,18-;;;;;/m1...../s1. The highest BCUT2D eigenvalue weighted by molar-refractivity contribution is 8.00. The molecule has 234 valence electrons. The molecule has 4 heterocycles. The summed E-state index contributed by atoms with van der Waals surface area (Å²) in [7, 11) is 0. The van der Waals surface area contributed by atoms with E-state index in [1.165, 1.54) is 35.9 Å². The zero-order valence-corrected chi connectivity index (χ0v) is 23.8. The molecule has 15 N–H and O–H groups in total. The Morgan fingerprint density at radius 2 is 1.79 bits per heavy atom. The number of carbonyl (C=O) groups is 4. The van der Waals surface area contributed by atoms with Crippen LogP contribution in [0.2, 0.25) is 0 Å². The van der Waals surface area contributed by atoms with E-state index in [0.29, 0.717) is 17.9 Å². The summed E-state index contributed by atoms with van der Waals surface area (Å²) in [6.45, 7) is 2.80. The topological polar surface area (TPSA) is 346 Å². The largest absolute Gasteiger partial charge is 0.478 e. The van der Waals surface area contributed by atoms with Crippen LogP contribution in [-0.2, 0) is 30.6 Å². The molecular formula is C22H33N6O12S2+. The first kappa shape index (κ1) is 40.0. The number of hydrogen-bond acceptors (Lipinski definition) is 10. The fraction of sp³-hybridized carbons (Fsp3) is 0.318. The average molecular weight is 638 g/mol. The molecule has 18 nitrogen and oxygen atoms in total. The molecule has 0 aliphatic carbocycles. The van der Waals surface area contributed by atoms with E-state index >= 15 is 0 Å². The fourth-order valence-electron chi connectivity index (χ4n) is 3.57. The molecule has 0 unspecified atom stereocenters. The van der Waals surface area contributed by atoms with Gasteiger partial charge < -0.3 is 53.5 Å². The van der Waals surface area contributed by atoms with Crippen LogP contribution in [0.3, 0.4) is 0 Å². The number of carboxylic acids is 2. The van der Waals surface area contributed by atoms with Gasteiger partial charge in [0.1, 0.15) is 22.8 Å². The van der Waals surface area contributed by atoms with Gasteiger partial charge in [0.25, 0.3) is 11.8 Å². The Labute approximate surface area is 246 Å². The third-order valence-corrected chi connectivity index (χ3v) is 7.56. The Morgan fingerprint density at radius 3 is 2.31 bits per heavy atom. The highest BCUT2D eigenvalue weighted by Crippen LogP contribution is 2.40. The number of thioether (sulfide) groups is 1. The van der Waals surface area contributed by atoms with Crippen molar-refractivity contribution in [2.24, 2.45) is 5.16 Å². The predicted molar refractivity (Wildman–Crippen MR) is 150 cm³/mol. The van der Waals surface area contributed by atoms with Gasteiger partial charge in [-0.3, -0.25) is 14.5 Å². The predicted octanol–water partition coefficient (Wildman–Crippen LogP) is -4.09. The van der Waals surface area contributed by atoms with E-state index in [2.05, 4.69) is 15.5 Å². The number of nitrogen functional groups attached to an aromatic ring is 1. The summed E-state index contributed by atoms with van der Waals surface area (Å²) < 4.78 is 1.81. The van der Waals surface area contributed by atoms with Crippen LogP contribution in [0, 0.1) is 0 Å². The number of hydrogen-bond donors (Lipinski definition) is 4. The van der Waals surface area contributed by atoms with Crippen molar-refractivity contribution in [1.82, 2.24) is 15.2 Å². The molecular weight excluding hydrogens is 604 g/mol. The van der Waals surface area contributed by atoms with Crippen LogP contribution in [-0.4, -0.2) is 99.7 Å². The van der Waals surface area contributed by atoms with Gasteiger partial charge in [-0.25, -0.2) is 19.1 Å². The summed E-state index contributed by atoms with van der Waals surface area (Å²) in [5.41, 5.74) is 4.04. The van der Waals surface area contributed by atoms with Gasteiger partial charge in [0.2, 0.25) is 5.60 Å². The molecule has 0 radical (unpaired) electrons. The maximum absolute atomic E-state index is 13.1. The number of nitrogens with two attached hydrogens (primary N) is 1. The summed E-state index contributed by atoms with van der Waals surface area (Å²) in [6, 6.07) is 4.44. The molecule has 1 fully saturated rings. The summed E-state index contributed by atoms with van der Waals surface area (Å²) in [4.78, 5) is 59.9. The zero-order valence-electron chi connectivity index (χ0n) is 22.2. The van der Waals surface area contributed by atoms with Crippen LogP contribution >= 0.6 is 23.1 Å². The number of aromatic nitrogens is 2. The van der Waals surface area contributed by atoms with Crippen LogP contribution < -0.4 is 15.6 Å². The number of carbonyl (C=O) groups excluding carboxylic acids is 2. The number of pyridine rings is 1. The highest BCUT2D eigenvalue weighted by Gasteiger charge is 2.54. The van der Waals surface area contributed by atoms with Crippen molar-refractivity contribution in [1.29, 1.82) is 0 Å². The Morgan fingerprint density at radius 1 is 1.17 bits per heavy atom. The number of nitrogens with one attached hydrogen (secondary N) is 1. The van der Waals surface area contributed by atoms with Crippen molar-refractivity contribution in [2.75, 3.05) is 11.5 Å². The molecule has 42 heavy (non-hydrogen) atoms. The molecule has 0 bridgehead atoms. The maximum Gasteiger partial charge on any atom is 0.352 e. The quantitative estimate of drug-likeness (QED) is 0.0890. The van der Waals surface area contributed by atoms with Crippen LogP contribution in [0.5, 0.6) is 0 Å². The van der Waals surface area contributed by atoms with Gasteiger partial charge in [0.15, 0.2) is 29.8 Å². The number of anilines is 1. The summed E-state index contributed by atoms with van der Waals surface area (Å²) in [6.07, 6.45) is 3.59. The van der Waals surface area contributed by atoms with Crippen molar-refractivity contribution in [3.63, 3.8) is 0 Å². The smallest absolute Gasteiger partial charge is 0.352 e. The van der Waals surface area contributed by atoms with Crippen LogP contribution in [0.1, 0.15) is 19.5 Å². The maximum atomic E-state index is 13.1. The molecule has 20 heteroatoms. The second-order valence-corrected chi connectivity index (χ2v) is 10.6. The third-order valence-electron chi connectivity index (χ3n) is 5.55. The first-order valence-electron chi connectivity index (χ1n) is 10.9. The van der Waals surface area contributed by atoms with Gasteiger partial charge in [-0.15, -0.1) is 23.1 Å². The SMILES string of the molecule is CC(C)(O/N=C(\C(=O)N[C@@H]1C(=O)N2C(C(=O)O)=C(C[n+]3ccccc3)CS[C@H]12)c1csc(N)n1)C(=O)O.O.O.O.O.O. The van der Waals surface area contributed by atoms with E-state index in [4.69, 9.17) is 10.6 Å². The lowest BCUT2D eigenvalue weighted by atomic mass is 10.0. The van der Waals surface area contributed by atoms with Gasteiger partial charge in [-0.1, -0.05) is 11.2 Å². The summed E-state index contributed by atoms with van der Waals surface area (Å²) in [5.74, 6) is -3.66. The minimum absolute atomic E-state index is 0. The average Bonchev–Trinajstić information content (AvgIpc) is 3.28. The normalized spacial score (nSPS) is 17.3. The molecule has 4 rings (SSSR count). The van der Waals surface area contributed by atoms with E-state index in [9.17, 15) is 29.4 Å². The van der Waals surface area contributed by atoms with E-state index < -0.39 is 40.8 Å². The molecule has 2 aliphatic heterocycles. The number of amides is 2. The number of carboxylic acid groups (broad SMARTS) is 2. The first-order chi connectivity index (χ1) is 17.5. The molecule has 1 saturated heterocycles. The monoisotopic (exact) mass is 637 g/mol. The second kappa shape index (κ2) is 15.7. The first-order valence-corrected chi connectivity index (χ1v) is 12.8.